The maximum atomic E-state index is 11.8. The minimum Gasteiger partial charge on any atom is -0.478 e. The number of hydrogen-bond donors (Lipinski definition) is 2. The summed E-state index contributed by atoms with van der Waals surface area (Å²) in [4.78, 5) is 22.7. The first kappa shape index (κ1) is 17.7. The third-order valence-corrected chi connectivity index (χ3v) is 3.46. The lowest BCUT2D eigenvalue weighted by atomic mass is 10.2. The Hall–Kier alpha value is -2.60. The quantitative estimate of drug-likeness (QED) is 0.690. The van der Waals surface area contributed by atoms with Crippen molar-refractivity contribution in [1.29, 1.82) is 0 Å². The molecule has 0 atom stereocenters. The highest BCUT2D eigenvalue weighted by atomic mass is 16.5. The van der Waals surface area contributed by atoms with Gasteiger partial charge in [-0.15, -0.1) is 0 Å². The van der Waals surface area contributed by atoms with Crippen LogP contribution in [0.1, 0.15) is 40.3 Å². The minimum atomic E-state index is -1.04. The first-order valence-electron chi connectivity index (χ1n) is 7.77. The molecule has 6 nitrogen and oxygen atoms in total. The van der Waals surface area contributed by atoms with Gasteiger partial charge < -0.3 is 19.6 Å². The maximum absolute atomic E-state index is 11.8. The number of amides is 1. The molecule has 0 saturated heterocycles. The van der Waals surface area contributed by atoms with Crippen molar-refractivity contribution in [2.45, 2.75) is 32.9 Å². The molecule has 1 amide bonds. The molecule has 0 aliphatic carbocycles. The largest absolute Gasteiger partial charge is 0.478 e. The molecule has 0 aliphatic heterocycles. The molecule has 0 spiro atoms. The van der Waals surface area contributed by atoms with E-state index in [1.807, 2.05) is 30.3 Å². The topological polar surface area (TPSA) is 88.8 Å². The fourth-order valence-corrected chi connectivity index (χ4v) is 2.22. The number of hydrogen-bond acceptors (Lipinski definition) is 4. The highest BCUT2D eigenvalue weighted by Gasteiger charge is 2.13. The third kappa shape index (κ3) is 5.55. The molecule has 0 bridgehead atoms. The zero-order chi connectivity index (χ0) is 17.4. The van der Waals surface area contributed by atoms with Crippen molar-refractivity contribution in [3.8, 4) is 0 Å². The van der Waals surface area contributed by atoms with Crippen LogP contribution in [0.25, 0.3) is 0 Å². The van der Waals surface area contributed by atoms with Crippen LogP contribution in [0.15, 0.2) is 40.8 Å². The van der Waals surface area contributed by atoms with E-state index in [-0.39, 0.29) is 18.0 Å². The summed E-state index contributed by atoms with van der Waals surface area (Å²) >= 11 is 0. The molecule has 1 heterocycles. The smallest absolute Gasteiger partial charge is 0.339 e. The van der Waals surface area contributed by atoms with Crippen LogP contribution in [0.3, 0.4) is 0 Å². The van der Waals surface area contributed by atoms with Gasteiger partial charge in [0.1, 0.15) is 17.1 Å². The fraction of sp³-hybridized carbons (Fsp3) is 0.333. The lowest BCUT2D eigenvalue weighted by Gasteiger charge is -2.05. The van der Waals surface area contributed by atoms with Crippen LogP contribution in [0.2, 0.25) is 0 Å². The summed E-state index contributed by atoms with van der Waals surface area (Å²) in [6, 6.07) is 11.3. The van der Waals surface area contributed by atoms with Crippen molar-refractivity contribution in [1.82, 2.24) is 5.32 Å². The van der Waals surface area contributed by atoms with Crippen LogP contribution >= 0.6 is 0 Å². The number of nitrogens with one attached hydrogen (secondary N) is 1. The Labute approximate surface area is 140 Å². The Morgan fingerprint density at radius 3 is 2.67 bits per heavy atom. The summed E-state index contributed by atoms with van der Waals surface area (Å²) in [5.41, 5.74) is 1.22. The van der Waals surface area contributed by atoms with E-state index in [9.17, 15) is 9.59 Å². The number of benzene rings is 1. The van der Waals surface area contributed by atoms with Gasteiger partial charge in [0.05, 0.1) is 13.2 Å². The van der Waals surface area contributed by atoms with Gasteiger partial charge in [0.15, 0.2) is 0 Å². The number of ether oxygens (including phenoxy) is 1. The Bertz CT molecular complexity index is 678. The maximum Gasteiger partial charge on any atom is 0.339 e. The number of furan rings is 1. The predicted molar refractivity (Wildman–Crippen MR) is 87.6 cm³/mol. The lowest BCUT2D eigenvalue weighted by Crippen LogP contribution is -2.22. The number of aryl methyl sites for hydroxylation is 1. The van der Waals surface area contributed by atoms with E-state index in [2.05, 4.69) is 5.32 Å². The number of aromatic carboxylic acids is 1. The molecule has 0 saturated carbocycles. The number of rotatable bonds is 9. The molecule has 0 radical (unpaired) electrons. The van der Waals surface area contributed by atoms with Gasteiger partial charge >= 0.3 is 5.97 Å². The molecule has 128 valence electrons. The van der Waals surface area contributed by atoms with Gasteiger partial charge in [0.25, 0.3) is 0 Å². The normalized spacial score (nSPS) is 10.5. The van der Waals surface area contributed by atoms with E-state index in [1.54, 1.807) is 6.92 Å². The van der Waals surface area contributed by atoms with Crippen LogP contribution in [0.5, 0.6) is 0 Å². The van der Waals surface area contributed by atoms with Gasteiger partial charge in [-0.1, -0.05) is 30.3 Å². The van der Waals surface area contributed by atoms with Crippen molar-refractivity contribution in [2.24, 2.45) is 0 Å². The van der Waals surface area contributed by atoms with Crippen LogP contribution < -0.4 is 5.32 Å². The van der Waals surface area contributed by atoms with Crippen LogP contribution in [0.4, 0.5) is 0 Å². The van der Waals surface area contributed by atoms with E-state index >= 15 is 0 Å². The summed E-state index contributed by atoms with van der Waals surface area (Å²) in [6.45, 7) is 2.80. The Morgan fingerprint density at radius 2 is 2.00 bits per heavy atom. The minimum absolute atomic E-state index is 0.119. The standard InChI is InChI=1S/C18H21NO5/c1-13-16(18(21)22)10-15(24-13)11-19-17(20)8-5-9-23-12-14-6-3-2-4-7-14/h2-4,6-7,10H,5,8-9,11-12H2,1H3,(H,19,20)(H,21,22). The molecule has 0 aliphatic rings. The van der Waals surface area contributed by atoms with Crippen molar-refractivity contribution in [3.05, 3.63) is 59.0 Å². The van der Waals surface area contributed by atoms with Crippen LogP contribution in [-0.4, -0.2) is 23.6 Å². The second-order valence-corrected chi connectivity index (χ2v) is 5.41. The molecule has 0 fully saturated rings. The van der Waals surface area contributed by atoms with E-state index in [0.29, 0.717) is 37.6 Å². The predicted octanol–water partition coefficient (Wildman–Crippen LogP) is 2.90. The number of carboxylic acid groups (broad SMARTS) is 1. The lowest BCUT2D eigenvalue weighted by molar-refractivity contribution is -0.121. The van der Waals surface area contributed by atoms with Gasteiger partial charge in [-0.3, -0.25) is 4.79 Å². The van der Waals surface area contributed by atoms with Crippen molar-refractivity contribution >= 4 is 11.9 Å². The summed E-state index contributed by atoms with van der Waals surface area (Å²) in [6.07, 6.45) is 0.969. The average molecular weight is 331 g/mol. The van der Waals surface area contributed by atoms with Crippen molar-refractivity contribution < 1.29 is 23.8 Å². The molecule has 2 N–H and O–H groups in total. The monoisotopic (exact) mass is 331 g/mol. The highest BCUT2D eigenvalue weighted by Crippen LogP contribution is 2.14. The summed E-state index contributed by atoms with van der Waals surface area (Å²) < 4.78 is 10.8. The van der Waals surface area contributed by atoms with E-state index in [4.69, 9.17) is 14.3 Å². The van der Waals surface area contributed by atoms with Gasteiger partial charge in [-0.2, -0.15) is 0 Å². The second kappa shape index (κ2) is 8.88. The van der Waals surface area contributed by atoms with Gasteiger partial charge in [-0.05, 0) is 25.0 Å². The molecule has 6 heteroatoms. The van der Waals surface area contributed by atoms with E-state index in [0.717, 1.165) is 5.56 Å². The molecule has 0 unspecified atom stereocenters. The second-order valence-electron chi connectivity index (χ2n) is 5.41. The summed E-state index contributed by atoms with van der Waals surface area (Å²) in [5.74, 6) is -0.395. The summed E-state index contributed by atoms with van der Waals surface area (Å²) in [5, 5.41) is 11.7. The molecule has 1 aromatic heterocycles. The van der Waals surface area contributed by atoms with Crippen LogP contribution in [0, 0.1) is 6.92 Å². The SMILES string of the molecule is Cc1oc(CNC(=O)CCCOCc2ccccc2)cc1C(=O)O. The molecule has 2 aromatic rings. The van der Waals surface area contributed by atoms with Gasteiger partial charge in [0, 0.05) is 13.0 Å². The van der Waals surface area contributed by atoms with E-state index in [1.165, 1.54) is 6.07 Å². The van der Waals surface area contributed by atoms with Crippen molar-refractivity contribution in [3.63, 3.8) is 0 Å². The van der Waals surface area contributed by atoms with E-state index < -0.39 is 5.97 Å². The first-order valence-corrected chi connectivity index (χ1v) is 7.77. The summed E-state index contributed by atoms with van der Waals surface area (Å²) in [7, 11) is 0. The fourth-order valence-electron chi connectivity index (χ4n) is 2.22. The molecule has 24 heavy (non-hydrogen) atoms. The first-order chi connectivity index (χ1) is 11.6. The molecule has 1 aromatic carbocycles. The highest BCUT2D eigenvalue weighted by molar-refractivity contribution is 5.88. The van der Waals surface area contributed by atoms with Crippen molar-refractivity contribution in [2.75, 3.05) is 6.61 Å². The molecular formula is C18H21NO5. The Kier molecular flexibility index (Phi) is 6.57. The Morgan fingerprint density at radius 1 is 1.25 bits per heavy atom. The third-order valence-electron chi connectivity index (χ3n) is 3.46. The molecular weight excluding hydrogens is 310 g/mol. The average Bonchev–Trinajstić information content (AvgIpc) is 2.95. The molecule has 2 rings (SSSR count). The number of carbonyl (C=O) groups is 2. The number of carbonyl (C=O) groups excluding carboxylic acids is 1. The van der Waals surface area contributed by atoms with Crippen LogP contribution in [-0.2, 0) is 22.7 Å². The van der Waals surface area contributed by atoms with Gasteiger partial charge in [-0.25, -0.2) is 4.79 Å². The number of carboxylic acids is 1. The zero-order valence-corrected chi connectivity index (χ0v) is 13.6. The van der Waals surface area contributed by atoms with Gasteiger partial charge in [0.2, 0.25) is 5.91 Å². The Balaban J connectivity index is 1.61. The zero-order valence-electron chi connectivity index (χ0n) is 13.6.